The molecule has 3 atom stereocenters. The number of nitrogens with two attached hydrogens (primary N) is 2. The van der Waals surface area contributed by atoms with Gasteiger partial charge in [-0.25, -0.2) is 26.9 Å². The normalized spacial score (nSPS) is 14.2. The number of ether oxygens (including phenoxy) is 1. The lowest BCUT2D eigenvalue weighted by molar-refractivity contribution is -0.124. The number of rotatable bonds is 13. The summed E-state index contributed by atoms with van der Waals surface area (Å²) in [5.74, 6) is -1.96. The summed E-state index contributed by atoms with van der Waals surface area (Å²) < 4.78 is 60.9. The number of nitrogens with one attached hydrogen (secondary N) is 2. The van der Waals surface area contributed by atoms with E-state index in [-0.39, 0.29) is 35.8 Å². The fraction of sp³-hybridized carbons (Fsp3) is 0.393. The van der Waals surface area contributed by atoms with Crippen LogP contribution >= 0.6 is 11.3 Å². The van der Waals surface area contributed by atoms with Gasteiger partial charge in [-0.3, -0.25) is 9.79 Å². The minimum Gasteiger partial charge on any atom is -0.496 e. The Morgan fingerprint density at radius 1 is 1.16 bits per heavy atom. The molecule has 0 bridgehead atoms. The summed E-state index contributed by atoms with van der Waals surface area (Å²) in [5, 5.41) is 15.6. The standard InChI is InChI=1S/C28H36F2N6O5S2/c1-15-10-23(41-4)16(2)17(3)25(15)43(39,40)36-28(32)34-7-5-6-22(24(37)27-33-8-9-42-27)35-26(38)21(31)13-18-11-19(29)14-20(30)12-18/h8-12,14,21-22,24,37H,5-7,13,31H2,1-4H3,(H,35,38)(H3,32,34,36)/t21-,22-,24?/m0/s1. The summed E-state index contributed by atoms with van der Waals surface area (Å²) in [5.41, 5.74) is 13.8. The molecular formula is C28H36F2N6O5S2. The van der Waals surface area contributed by atoms with Crippen LogP contribution in [-0.2, 0) is 21.2 Å². The third kappa shape index (κ3) is 8.92. The van der Waals surface area contributed by atoms with Gasteiger partial charge in [-0.05, 0) is 80.5 Å². The number of methoxy groups -OCH3 is 1. The van der Waals surface area contributed by atoms with Crippen molar-refractivity contribution in [3.8, 4) is 5.75 Å². The molecule has 1 amide bonds. The maximum atomic E-state index is 13.6. The molecule has 0 aliphatic rings. The third-order valence-electron chi connectivity index (χ3n) is 6.79. The first-order valence-corrected chi connectivity index (χ1v) is 15.7. The van der Waals surface area contributed by atoms with Gasteiger partial charge in [-0.15, -0.1) is 11.3 Å². The zero-order valence-corrected chi connectivity index (χ0v) is 25.9. The third-order valence-corrected chi connectivity index (χ3v) is 9.28. The number of carbonyl (C=O) groups excluding carboxylic acids is 1. The minimum atomic E-state index is -4.05. The van der Waals surface area contributed by atoms with E-state index < -0.39 is 45.8 Å². The average molecular weight is 639 g/mol. The van der Waals surface area contributed by atoms with Gasteiger partial charge in [0.15, 0.2) is 0 Å². The number of hydrogen-bond acceptors (Lipinski definition) is 9. The van der Waals surface area contributed by atoms with Crippen molar-refractivity contribution in [1.29, 1.82) is 0 Å². The Hall–Kier alpha value is -3.66. The summed E-state index contributed by atoms with van der Waals surface area (Å²) in [6, 6.07) is 2.55. The summed E-state index contributed by atoms with van der Waals surface area (Å²) in [6.45, 7) is 5.16. The zero-order chi connectivity index (χ0) is 31.9. The number of aromatic nitrogens is 1. The van der Waals surface area contributed by atoms with Gasteiger partial charge in [0, 0.05) is 24.2 Å². The van der Waals surface area contributed by atoms with Crippen LogP contribution in [0.4, 0.5) is 8.78 Å². The zero-order valence-electron chi connectivity index (χ0n) is 24.2. The van der Waals surface area contributed by atoms with Gasteiger partial charge in [0.2, 0.25) is 11.9 Å². The maximum Gasteiger partial charge on any atom is 0.264 e. The minimum absolute atomic E-state index is 0.0690. The van der Waals surface area contributed by atoms with Gasteiger partial charge >= 0.3 is 0 Å². The van der Waals surface area contributed by atoms with Crippen LogP contribution in [-0.4, -0.2) is 56.1 Å². The van der Waals surface area contributed by atoms with E-state index in [1.54, 1.807) is 32.2 Å². The molecule has 0 aliphatic carbocycles. The molecule has 1 aromatic heterocycles. The van der Waals surface area contributed by atoms with Gasteiger partial charge in [0.05, 0.1) is 24.1 Å². The number of nitrogens with zero attached hydrogens (tertiary/aromatic N) is 2. The Bertz CT molecular complexity index is 1550. The lowest BCUT2D eigenvalue weighted by atomic mass is 10.0. The van der Waals surface area contributed by atoms with E-state index in [2.05, 4.69) is 20.0 Å². The van der Waals surface area contributed by atoms with Crippen molar-refractivity contribution in [2.24, 2.45) is 16.5 Å². The predicted octanol–water partition coefficient (Wildman–Crippen LogP) is 2.52. The van der Waals surface area contributed by atoms with E-state index in [9.17, 15) is 27.1 Å². The number of aliphatic imine (C=N–C) groups is 1. The van der Waals surface area contributed by atoms with Crippen LogP contribution in [0.3, 0.4) is 0 Å². The van der Waals surface area contributed by atoms with E-state index in [1.807, 2.05) is 0 Å². The number of hydrogen-bond donors (Lipinski definition) is 5. The van der Waals surface area contributed by atoms with Crippen molar-refractivity contribution >= 4 is 33.2 Å². The second-order valence-electron chi connectivity index (χ2n) is 10.0. The molecule has 1 unspecified atom stereocenters. The topological polar surface area (TPSA) is 182 Å². The Kier molecular flexibility index (Phi) is 11.6. The highest BCUT2D eigenvalue weighted by Crippen LogP contribution is 2.30. The first-order chi connectivity index (χ1) is 20.2. The smallest absolute Gasteiger partial charge is 0.264 e. The number of aliphatic hydroxyl groups is 1. The summed E-state index contributed by atoms with van der Waals surface area (Å²) in [6.07, 6.45) is 0.699. The largest absolute Gasteiger partial charge is 0.496 e. The van der Waals surface area contributed by atoms with Crippen LogP contribution in [0.1, 0.15) is 46.2 Å². The van der Waals surface area contributed by atoms with Crippen LogP contribution in [0, 0.1) is 32.4 Å². The van der Waals surface area contributed by atoms with Crippen molar-refractivity contribution in [2.75, 3.05) is 13.7 Å². The van der Waals surface area contributed by atoms with E-state index in [4.69, 9.17) is 16.2 Å². The monoisotopic (exact) mass is 638 g/mol. The SMILES string of the molecule is COc1cc(C)c(S(=O)(=O)NC(N)=NCCC[C@H](NC(=O)[C@@H](N)Cc2cc(F)cc(F)c2)C(O)c2nccs2)c(C)c1C. The maximum absolute atomic E-state index is 13.6. The number of amides is 1. The van der Waals surface area contributed by atoms with Gasteiger partial charge in [0.1, 0.15) is 28.5 Å². The highest BCUT2D eigenvalue weighted by molar-refractivity contribution is 7.90. The molecule has 7 N–H and O–H groups in total. The molecular weight excluding hydrogens is 602 g/mol. The molecule has 0 radical (unpaired) electrons. The number of guanidine groups is 1. The molecule has 3 aromatic rings. The van der Waals surface area contributed by atoms with E-state index in [1.165, 1.54) is 24.6 Å². The summed E-state index contributed by atoms with van der Waals surface area (Å²) in [7, 11) is -2.54. The Balaban J connectivity index is 1.66. The van der Waals surface area contributed by atoms with Gasteiger partial charge < -0.3 is 26.6 Å². The molecule has 0 aliphatic heterocycles. The summed E-state index contributed by atoms with van der Waals surface area (Å²) in [4.78, 5) is 21.2. The van der Waals surface area contributed by atoms with Gasteiger partial charge in [-0.1, -0.05) is 0 Å². The number of benzene rings is 2. The molecule has 0 saturated carbocycles. The number of aliphatic hydroxyl groups excluding tert-OH is 1. The quantitative estimate of drug-likeness (QED) is 0.108. The Morgan fingerprint density at radius 2 is 1.84 bits per heavy atom. The van der Waals surface area contributed by atoms with Crippen LogP contribution < -0.4 is 26.2 Å². The average Bonchev–Trinajstić information content (AvgIpc) is 3.46. The number of carbonyl (C=O) groups is 1. The van der Waals surface area contributed by atoms with Crippen molar-refractivity contribution < 1.29 is 31.8 Å². The van der Waals surface area contributed by atoms with E-state index in [0.717, 1.165) is 18.2 Å². The molecule has 0 fully saturated rings. The number of thiazole rings is 1. The van der Waals surface area contributed by atoms with Crippen molar-refractivity contribution in [1.82, 2.24) is 15.0 Å². The Labute approximate surface area is 253 Å². The molecule has 0 spiro atoms. The lowest BCUT2D eigenvalue weighted by Crippen LogP contribution is -2.48. The van der Waals surface area contributed by atoms with Gasteiger partial charge in [0.25, 0.3) is 10.0 Å². The number of sulfonamides is 1. The molecule has 3 rings (SSSR count). The fourth-order valence-corrected chi connectivity index (χ4v) is 6.77. The predicted molar refractivity (Wildman–Crippen MR) is 160 cm³/mol. The van der Waals surface area contributed by atoms with Crippen LogP contribution in [0.15, 0.2) is 45.7 Å². The molecule has 15 heteroatoms. The molecule has 1 heterocycles. The first-order valence-electron chi connectivity index (χ1n) is 13.3. The van der Waals surface area contributed by atoms with Crippen molar-refractivity contribution in [2.45, 2.75) is 63.1 Å². The fourth-order valence-electron chi connectivity index (χ4n) is 4.61. The van der Waals surface area contributed by atoms with Crippen LogP contribution in [0.2, 0.25) is 0 Å². The van der Waals surface area contributed by atoms with Crippen LogP contribution in [0.5, 0.6) is 5.75 Å². The molecule has 11 nitrogen and oxygen atoms in total. The van der Waals surface area contributed by atoms with Crippen LogP contribution in [0.25, 0.3) is 0 Å². The molecule has 43 heavy (non-hydrogen) atoms. The highest BCUT2D eigenvalue weighted by atomic mass is 32.2. The second-order valence-corrected chi connectivity index (χ2v) is 12.6. The molecule has 234 valence electrons. The van der Waals surface area contributed by atoms with Crippen molar-refractivity contribution in [3.63, 3.8) is 0 Å². The number of halogens is 2. The van der Waals surface area contributed by atoms with Crippen molar-refractivity contribution in [3.05, 3.63) is 74.7 Å². The van der Waals surface area contributed by atoms with Gasteiger partial charge in [-0.2, -0.15) is 0 Å². The Morgan fingerprint density at radius 3 is 2.44 bits per heavy atom. The molecule has 2 aromatic carbocycles. The number of aryl methyl sites for hydroxylation is 1. The second kappa shape index (κ2) is 14.7. The van der Waals surface area contributed by atoms with E-state index in [0.29, 0.717) is 33.9 Å². The molecule has 0 saturated heterocycles. The highest BCUT2D eigenvalue weighted by Gasteiger charge is 2.27. The first kappa shape index (κ1) is 33.8. The van der Waals surface area contributed by atoms with E-state index >= 15 is 0 Å². The summed E-state index contributed by atoms with van der Waals surface area (Å²) >= 11 is 1.20. The lowest BCUT2D eigenvalue weighted by Gasteiger charge is -2.24.